The van der Waals surface area contributed by atoms with Gasteiger partial charge in [0.1, 0.15) is 9.88 Å². The van der Waals surface area contributed by atoms with Gasteiger partial charge >= 0.3 is 5.97 Å². The minimum absolute atomic E-state index is 0.234. The second-order valence-electron chi connectivity index (χ2n) is 6.51. The Balaban J connectivity index is 1.60. The van der Waals surface area contributed by atoms with Crippen LogP contribution in [0, 0.1) is 6.92 Å². The van der Waals surface area contributed by atoms with E-state index in [4.69, 9.17) is 16.3 Å². The van der Waals surface area contributed by atoms with Crippen molar-refractivity contribution in [2.45, 2.75) is 13.8 Å². The Hall–Kier alpha value is -3.23. The molecule has 1 aromatic heterocycles. The van der Waals surface area contributed by atoms with Crippen molar-refractivity contribution in [1.82, 2.24) is 10.3 Å². The predicted octanol–water partition coefficient (Wildman–Crippen LogP) is 4.32. The average Bonchev–Trinajstić information content (AvgIpc) is 3.14. The number of esters is 1. The number of carbonyl (C=O) groups excluding carboxylic acids is 3. The molecule has 2 N–H and O–H groups in total. The third kappa shape index (κ3) is 5.90. The predicted molar refractivity (Wildman–Crippen MR) is 121 cm³/mol. The quantitative estimate of drug-likeness (QED) is 0.515. The summed E-state index contributed by atoms with van der Waals surface area (Å²) in [7, 11) is 0. The fourth-order valence-electron chi connectivity index (χ4n) is 2.70. The number of ether oxygens (including phenoxy) is 1. The van der Waals surface area contributed by atoms with Gasteiger partial charge in [-0.15, -0.1) is 11.3 Å². The standard InChI is InChI=1S/C22H20ClN3O4S/c1-3-24-20(28)15-5-4-6-17(11-15)26-18(27)12-30-22(29)19-13(2)25-21(31-19)14-7-9-16(23)10-8-14/h4-11H,3,12H2,1-2H3,(H,24,28)(H,26,27). The van der Waals surface area contributed by atoms with Crippen molar-refractivity contribution in [2.24, 2.45) is 0 Å². The number of amides is 2. The van der Waals surface area contributed by atoms with Crippen LogP contribution in [0.3, 0.4) is 0 Å². The number of thiazole rings is 1. The second kappa shape index (κ2) is 10.2. The van der Waals surface area contributed by atoms with Crippen LogP contribution in [0.1, 0.15) is 32.6 Å². The Bertz CT molecular complexity index is 1110. The summed E-state index contributed by atoms with van der Waals surface area (Å²) in [6, 6.07) is 13.6. The molecule has 3 aromatic rings. The molecular formula is C22H20ClN3O4S. The number of hydrogen-bond donors (Lipinski definition) is 2. The summed E-state index contributed by atoms with van der Waals surface area (Å²) in [6.07, 6.45) is 0. The van der Waals surface area contributed by atoms with Crippen LogP contribution in [0.25, 0.3) is 10.6 Å². The number of aromatic nitrogens is 1. The number of carbonyl (C=O) groups is 3. The maximum atomic E-state index is 12.4. The summed E-state index contributed by atoms with van der Waals surface area (Å²) >= 11 is 7.09. The van der Waals surface area contributed by atoms with Gasteiger partial charge in [0, 0.05) is 28.4 Å². The highest BCUT2D eigenvalue weighted by atomic mass is 35.5. The molecule has 31 heavy (non-hydrogen) atoms. The van der Waals surface area contributed by atoms with Crippen molar-refractivity contribution in [3.63, 3.8) is 0 Å². The lowest BCUT2D eigenvalue weighted by Gasteiger charge is -2.08. The molecule has 3 rings (SSSR count). The maximum Gasteiger partial charge on any atom is 0.350 e. The van der Waals surface area contributed by atoms with Gasteiger partial charge in [0.25, 0.3) is 11.8 Å². The van der Waals surface area contributed by atoms with Gasteiger partial charge in [0.05, 0.1) is 5.69 Å². The summed E-state index contributed by atoms with van der Waals surface area (Å²) in [5.41, 5.74) is 2.21. The molecule has 2 amide bonds. The van der Waals surface area contributed by atoms with E-state index in [-0.39, 0.29) is 5.91 Å². The van der Waals surface area contributed by atoms with Crippen LogP contribution in [0.5, 0.6) is 0 Å². The van der Waals surface area contributed by atoms with Gasteiger partial charge in [-0.25, -0.2) is 9.78 Å². The van der Waals surface area contributed by atoms with E-state index in [2.05, 4.69) is 15.6 Å². The summed E-state index contributed by atoms with van der Waals surface area (Å²) in [5, 5.41) is 6.58. The molecule has 9 heteroatoms. The number of halogens is 1. The second-order valence-corrected chi connectivity index (χ2v) is 7.94. The first-order chi connectivity index (χ1) is 14.9. The number of anilines is 1. The largest absolute Gasteiger partial charge is 0.451 e. The van der Waals surface area contributed by atoms with Gasteiger partial charge in [0.2, 0.25) is 0 Å². The number of aryl methyl sites for hydroxylation is 1. The van der Waals surface area contributed by atoms with Gasteiger partial charge in [0.15, 0.2) is 6.61 Å². The van der Waals surface area contributed by atoms with Crippen LogP contribution >= 0.6 is 22.9 Å². The first-order valence-electron chi connectivity index (χ1n) is 9.46. The molecule has 2 aromatic carbocycles. The topological polar surface area (TPSA) is 97.4 Å². The number of hydrogen-bond acceptors (Lipinski definition) is 6. The molecule has 0 atom stereocenters. The number of benzene rings is 2. The van der Waals surface area contributed by atoms with E-state index in [1.807, 2.05) is 19.1 Å². The third-order valence-corrected chi connectivity index (χ3v) is 5.59. The number of rotatable bonds is 7. The fourth-order valence-corrected chi connectivity index (χ4v) is 3.79. The first kappa shape index (κ1) is 22.5. The van der Waals surface area contributed by atoms with Crippen molar-refractivity contribution < 1.29 is 19.1 Å². The highest BCUT2D eigenvalue weighted by Crippen LogP contribution is 2.29. The number of nitrogens with one attached hydrogen (secondary N) is 2. The molecule has 0 unspecified atom stereocenters. The molecule has 1 heterocycles. The molecule has 0 aliphatic heterocycles. The molecule has 0 saturated carbocycles. The Morgan fingerprint density at radius 2 is 1.87 bits per heavy atom. The summed E-state index contributed by atoms with van der Waals surface area (Å²) in [5.74, 6) is -1.37. The fraction of sp³-hybridized carbons (Fsp3) is 0.182. The van der Waals surface area contributed by atoms with Gasteiger partial charge < -0.3 is 15.4 Å². The van der Waals surface area contributed by atoms with Gasteiger partial charge in [-0.05, 0) is 44.2 Å². The highest BCUT2D eigenvalue weighted by Gasteiger charge is 2.19. The normalized spacial score (nSPS) is 10.4. The van der Waals surface area contributed by atoms with E-state index in [1.165, 1.54) is 11.3 Å². The summed E-state index contributed by atoms with van der Waals surface area (Å²) in [4.78, 5) is 41.3. The van der Waals surface area contributed by atoms with Crippen LogP contribution in [0.15, 0.2) is 48.5 Å². The Kier molecular flexibility index (Phi) is 7.38. The van der Waals surface area contributed by atoms with E-state index < -0.39 is 18.5 Å². The zero-order chi connectivity index (χ0) is 22.4. The van der Waals surface area contributed by atoms with E-state index in [1.54, 1.807) is 43.3 Å². The molecule has 0 radical (unpaired) electrons. The lowest BCUT2D eigenvalue weighted by atomic mass is 10.2. The number of nitrogens with zero attached hydrogens (tertiary/aromatic N) is 1. The molecule has 0 fully saturated rings. The molecule has 0 saturated heterocycles. The molecule has 160 valence electrons. The third-order valence-electron chi connectivity index (χ3n) is 4.15. The minimum atomic E-state index is -0.624. The van der Waals surface area contributed by atoms with Crippen LogP contribution in [-0.4, -0.2) is 35.9 Å². The van der Waals surface area contributed by atoms with Crippen molar-refractivity contribution in [2.75, 3.05) is 18.5 Å². The summed E-state index contributed by atoms with van der Waals surface area (Å²) < 4.78 is 5.15. The van der Waals surface area contributed by atoms with E-state index in [0.29, 0.717) is 38.4 Å². The van der Waals surface area contributed by atoms with Crippen LogP contribution in [0.2, 0.25) is 5.02 Å². The Morgan fingerprint density at radius 1 is 1.13 bits per heavy atom. The summed E-state index contributed by atoms with van der Waals surface area (Å²) in [6.45, 7) is 3.57. The van der Waals surface area contributed by atoms with Crippen molar-refractivity contribution in [3.8, 4) is 10.6 Å². The smallest absolute Gasteiger partial charge is 0.350 e. The van der Waals surface area contributed by atoms with Crippen LogP contribution < -0.4 is 10.6 Å². The van der Waals surface area contributed by atoms with E-state index >= 15 is 0 Å². The van der Waals surface area contributed by atoms with E-state index in [9.17, 15) is 14.4 Å². The van der Waals surface area contributed by atoms with Crippen molar-refractivity contribution in [3.05, 3.63) is 69.7 Å². The van der Waals surface area contributed by atoms with Crippen LogP contribution in [0.4, 0.5) is 5.69 Å². The molecular weight excluding hydrogens is 438 g/mol. The molecule has 0 aliphatic rings. The lowest BCUT2D eigenvalue weighted by molar-refractivity contribution is -0.119. The van der Waals surface area contributed by atoms with Crippen molar-refractivity contribution in [1.29, 1.82) is 0 Å². The Labute approximate surface area is 188 Å². The SMILES string of the molecule is CCNC(=O)c1cccc(NC(=O)COC(=O)c2sc(-c3ccc(Cl)cc3)nc2C)c1. The zero-order valence-electron chi connectivity index (χ0n) is 16.9. The minimum Gasteiger partial charge on any atom is -0.451 e. The van der Waals surface area contributed by atoms with Gasteiger partial charge in [-0.2, -0.15) is 0 Å². The van der Waals surface area contributed by atoms with Crippen LogP contribution in [-0.2, 0) is 9.53 Å². The Morgan fingerprint density at radius 3 is 2.58 bits per heavy atom. The zero-order valence-corrected chi connectivity index (χ0v) is 18.5. The first-order valence-corrected chi connectivity index (χ1v) is 10.7. The van der Waals surface area contributed by atoms with Crippen molar-refractivity contribution >= 4 is 46.4 Å². The van der Waals surface area contributed by atoms with E-state index in [0.717, 1.165) is 5.56 Å². The monoisotopic (exact) mass is 457 g/mol. The lowest BCUT2D eigenvalue weighted by Crippen LogP contribution is -2.23. The molecule has 0 aliphatic carbocycles. The molecule has 0 spiro atoms. The molecule has 7 nitrogen and oxygen atoms in total. The van der Waals surface area contributed by atoms with Gasteiger partial charge in [-0.3, -0.25) is 9.59 Å². The average molecular weight is 458 g/mol. The maximum absolute atomic E-state index is 12.4. The van der Waals surface area contributed by atoms with Gasteiger partial charge in [-0.1, -0.05) is 29.8 Å². The highest BCUT2D eigenvalue weighted by molar-refractivity contribution is 7.17. The molecule has 0 bridgehead atoms.